The zero-order valence-electron chi connectivity index (χ0n) is 6.22. The van der Waals surface area contributed by atoms with E-state index in [-0.39, 0.29) is 11.7 Å². The lowest BCUT2D eigenvalue weighted by Gasteiger charge is -2.11. The number of ketones is 1. The van der Waals surface area contributed by atoms with Crippen molar-refractivity contribution in [1.29, 1.82) is 0 Å². The van der Waals surface area contributed by atoms with Crippen LogP contribution in [0.1, 0.15) is 6.92 Å². The Morgan fingerprint density at radius 2 is 1.80 bits per heavy atom. The van der Waals surface area contributed by atoms with Gasteiger partial charge >= 0.3 is 0 Å². The maximum absolute atomic E-state index is 10.9. The van der Waals surface area contributed by atoms with Gasteiger partial charge in [0.25, 0.3) is 0 Å². The Labute approximate surface area is 65.0 Å². The predicted molar refractivity (Wildman–Crippen MR) is 39.0 cm³/mol. The van der Waals surface area contributed by atoms with Crippen LogP contribution in [-0.2, 0) is 9.59 Å². The number of alkyl halides is 1. The molecular weight excluding hydrogens is 154 g/mol. The normalized spacial score (nSPS) is 12.4. The molecule has 0 saturated carbocycles. The molecule has 0 heterocycles. The second kappa shape index (κ2) is 3.56. The predicted octanol–water partition coefficient (Wildman–Crippen LogP) is 0.271. The molecule has 0 bridgehead atoms. The average molecular weight is 164 g/mol. The summed E-state index contributed by atoms with van der Waals surface area (Å²) in [6, 6.07) is 0. The van der Waals surface area contributed by atoms with Crippen molar-refractivity contribution in [2.24, 2.45) is 0 Å². The van der Waals surface area contributed by atoms with Crippen LogP contribution in [0.5, 0.6) is 0 Å². The van der Waals surface area contributed by atoms with Crippen LogP contribution in [-0.4, -0.2) is 36.1 Å². The van der Waals surface area contributed by atoms with Gasteiger partial charge in [-0.15, -0.1) is 11.6 Å². The summed E-state index contributed by atoms with van der Waals surface area (Å²) >= 11 is 5.42. The van der Waals surface area contributed by atoms with Crippen molar-refractivity contribution in [3.05, 3.63) is 0 Å². The highest BCUT2D eigenvalue weighted by atomic mass is 35.5. The molecule has 0 spiro atoms. The van der Waals surface area contributed by atoms with Crippen molar-refractivity contribution in [1.82, 2.24) is 4.90 Å². The molecule has 0 unspecified atom stereocenters. The van der Waals surface area contributed by atoms with Crippen LogP contribution in [0.15, 0.2) is 0 Å². The molecular formula is C6H10ClNO2. The molecule has 0 fully saturated rings. The standard InChI is InChI=1S/C6H10ClNO2/c1-4(9)5(7)6(10)8(2)3/h5H,1-3H3/t5-/m0/s1. The zero-order valence-corrected chi connectivity index (χ0v) is 6.97. The quantitative estimate of drug-likeness (QED) is 0.433. The Kier molecular flexibility index (Phi) is 3.36. The third-order valence-electron chi connectivity index (χ3n) is 1.01. The molecule has 0 saturated heterocycles. The Bertz CT molecular complexity index is 156. The van der Waals surface area contributed by atoms with E-state index < -0.39 is 5.38 Å². The number of nitrogens with zero attached hydrogens (tertiary/aromatic N) is 1. The van der Waals surface area contributed by atoms with E-state index in [1.807, 2.05) is 0 Å². The average Bonchev–Trinajstić information content (AvgIpc) is 1.84. The molecule has 0 radical (unpaired) electrons. The monoisotopic (exact) mass is 163 g/mol. The topological polar surface area (TPSA) is 37.4 Å². The fraction of sp³-hybridized carbons (Fsp3) is 0.667. The van der Waals surface area contributed by atoms with Gasteiger partial charge in [0, 0.05) is 14.1 Å². The summed E-state index contributed by atoms with van der Waals surface area (Å²) in [6.45, 7) is 1.29. The molecule has 0 aromatic rings. The van der Waals surface area contributed by atoms with Gasteiger partial charge in [-0.25, -0.2) is 0 Å². The molecule has 4 heteroatoms. The van der Waals surface area contributed by atoms with Crippen LogP contribution in [0.3, 0.4) is 0 Å². The molecule has 0 aliphatic carbocycles. The Morgan fingerprint density at radius 1 is 1.40 bits per heavy atom. The van der Waals surface area contributed by atoms with Crippen LogP contribution in [0, 0.1) is 0 Å². The van der Waals surface area contributed by atoms with E-state index >= 15 is 0 Å². The van der Waals surface area contributed by atoms with Crippen molar-refractivity contribution in [3.63, 3.8) is 0 Å². The zero-order chi connectivity index (χ0) is 8.31. The molecule has 0 aliphatic heterocycles. The van der Waals surface area contributed by atoms with Crippen LogP contribution in [0.4, 0.5) is 0 Å². The van der Waals surface area contributed by atoms with E-state index in [4.69, 9.17) is 11.6 Å². The largest absolute Gasteiger partial charge is 0.347 e. The number of carbonyl (C=O) groups excluding carboxylic acids is 2. The van der Waals surface area contributed by atoms with Gasteiger partial charge in [0.05, 0.1) is 0 Å². The first-order valence-electron chi connectivity index (χ1n) is 2.82. The smallest absolute Gasteiger partial charge is 0.247 e. The van der Waals surface area contributed by atoms with Gasteiger partial charge < -0.3 is 4.90 Å². The van der Waals surface area contributed by atoms with Gasteiger partial charge in [0.15, 0.2) is 11.2 Å². The summed E-state index contributed by atoms with van der Waals surface area (Å²) in [7, 11) is 3.11. The van der Waals surface area contributed by atoms with E-state index in [0.717, 1.165) is 0 Å². The Morgan fingerprint density at radius 3 is 1.90 bits per heavy atom. The first kappa shape index (κ1) is 9.43. The number of Topliss-reactive ketones (excluding diaryl/α,β-unsaturated/α-hetero) is 1. The van der Waals surface area contributed by atoms with Gasteiger partial charge in [0.1, 0.15) is 0 Å². The van der Waals surface area contributed by atoms with Gasteiger partial charge in [-0.2, -0.15) is 0 Å². The first-order valence-corrected chi connectivity index (χ1v) is 3.26. The minimum atomic E-state index is -1.02. The van der Waals surface area contributed by atoms with Crippen LogP contribution >= 0.6 is 11.6 Å². The molecule has 0 aliphatic rings. The van der Waals surface area contributed by atoms with E-state index in [2.05, 4.69) is 0 Å². The molecule has 1 amide bonds. The lowest BCUT2D eigenvalue weighted by atomic mass is 10.3. The van der Waals surface area contributed by atoms with Crippen molar-refractivity contribution >= 4 is 23.3 Å². The second-order valence-electron chi connectivity index (χ2n) is 2.21. The third kappa shape index (κ3) is 2.35. The van der Waals surface area contributed by atoms with Gasteiger partial charge in [-0.1, -0.05) is 0 Å². The maximum atomic E-state index is 10.9. The molecule has 10 heavy (non-hydrogen) atoms. The highest BCUT2D eigenvalue weighted by Gasteiger charge is 2.21. The number of hydrogen-bond acceptors (Lipinski definition) is 2. The van der Waals surface area contributed by atoms with Gasteiger partial charge in [-0.3, -0.25) is 9.59 Å². The maximum Gasteiger partial charge on any atom is 0.247 e. The number of hydrogen-bond donors (Lipinski definition) is 0. The van der Waals surface area contributed by atoms with Gasteiger partial charge in [-0.05, 0) is 6.92 Å². The lowest BCUT2D eigenvalue weighted by molar-refractivity contribution is -0.132. The lowest BCUT2D eigenvalue weighted by Crippen LogP contribution is -2.34. The van der Waals surface area contributed by atoms with Gasteiger partial charge in [0.2, 0.25) is 5.91 Å². The minimum absolute atomic E-state index is 0.319. The summed E-state index contributed by atoms with van der Waals surface area (Å²) in [5.41, 5.74) is 0. The SMILES string of the molecule is CC(=O)[C@H](Cl)C(=O)N(C)C. The van der Waals surface area contributed by atoms with E-state index in [0.29, 0.717) is 0 Å². The first-order chi connectivity index (χ1) is 4.46. The summed E-state index contributed by atoms with van der Waals surface area (Å²) in [4.78, 5) is 22.7. The highest BCUT2D eigenvalue weighted by molar-refractivity contribution is 6.41. The van der Waals surface area contributed by atoms with Crippen molar-refractivity contribution < 1.29 is 9.59 Å². The summed E-state index contributed by atoms with van der Waals surface area (Å²) in [5, 5.41) is -1.02. The molecule has 1 atom stereocenters. The van der Waals surface area contributed by atoms with Crippen LogP contribution < -0.4 is 0 Å². The summed E-state index contributed by atoms with van der Waals surface area (Å²) in [6.07, 6.45) is 0. The Hall–Kier alpha value is -0.570. The number of carbonyl (C=O) groups is 2. The fourth-order valence-electron chi connectivity index (χ4n) is 0.401. The Balaban J connectivity index is 4.08. The van der Waals surface area contributed by atoms with Crippen molar-refractivity contribution in [3.8, 4) is 0 Å². The summed E-state index contributed by atoms with van der Waals surface area (Å²) < 4.78 is 0. The fourth-order valence-corrected chi connectivity index (χ4v) is 0.596. The van der Waals surface area contributed by atoms with E-state index in [1.165, 1.54) is 11.8 Å². The third-order valence-corrected chi connectivity index (χ3v) is 1.51. The molecule has 58 valence electrons. The van der Waals surface area contributed by atoms with E-state index in [1.54, 1.807) is 14.1 Å². The minimum Gasteiger partial charge on any atom is -0.347 e. The highest BCUT2D eigenvalue weighted by Crippen LogP contribution is 2.00. The molecule has 0 aromatic carbocycles. The van der Waals surface area contributed by atoms with Crippen LogP contribution in [0.2, 0.25) is 0 Å². The number of amides is 1. The molecule has 3 nitrogen and oxygen atoms in total. The van der Waals surface area contributed by atoms with Crippen molar-refractivity contribution in [2.45, 2.75) is 12.3 Å². The van der Waals surface area contributed by atoms with Crippen molar-refractivity contribution in [2.75, 3.05) is 14.1 Å². The number of rotatable bonds is 2. The van der Waals surface area contributed by atoms with Crippen LogP contribution in [0.25, 0.3) is 0 Å². The van der Waals surface area contributed by atoms with E-state index in [9.17, 15) is 9.59 Å². The second-order valence-corrected chi connectivity index (χ2v) is 2.64. The summed E-state index contributed by atoms with van der Waals surface area (Å²) in [5.74, 6) is -0.686. The molecule has 0 rings (SSSR count). The molecule has 0 aromatic heterocycles. The molecule has 0 N–H and O–H groups in total. The number of halogens is 1.